The molecule has 0 aromatic heterocycles. The van der Waals surface area contributed by atoms with Gasteiger partial charge in [0, 0.05) is 23.2 Å². The van der Waals surface area contributed by atoms with Crippen LogP contribution in [0.1, 0.15) is 12.5 Å². The molecular formula is C16H18N2O2S. The second-order valence-electron chi connectivity index (χ2n) is 4.63. The number of carbonyl (C=O) groups is 1. The molecule has 2 aromatic rings. The van der Waals surface area contributed by atoms with Crippen molar-refractivity contribution >= 4 is 39.6 Å². The highest BCUT2D eigenvalue weighted by Gasteiger charge is 2.14. The van der Waals surface area contributed by atoms with Crippen molar-refractivity contribution in [1.29, 1.82) is 0 Å². The van der Waals surface area contributed by atoms with E-state index in [-0.39, 0.29) is 12.5 Å². The molecule has 0 bridgehead atoms. The highest BCUT2D eigenvalue weighted by atomic mass is 32.1. The van der Waals surface area contributed by atoms with Crippen LogP contribution < -0.4 is 10.6 Å². The van der Waals surface area contributed by atoms with Gasteiger partial charge in [-0.2, -0.15) is 0 Å². The van der Waals surface area contributed by atoms with Crippen LogP contribution >= 0.6 is 12.2 Å². The molecule has 4 nitrogen and oxygen atoms in total. The minimum absolute atomic E-state index is 0.212. The Labute approximate surface area is 129 Å². The lowest BCUT2D eigenvalue weighted by molar-refractivity contribution is -0.138. The molecule has 0 saturated heterocycles. The van der Waals surface area contributed by atoms with E-state index >= 15 is 0 Å². The highest BCUT2D eigenvalue weighted by molar-refractivity contribution is 7.80. The lowest BCUT2D eigenvalue weighted by Crippen LogP contribution is -2.30. The molecule has 110 valence electrons. The lowest BCUT2D eigenvalue weighted by Gasteiger charge is -2.24. The van der Waals surface area contributed by atoms with Gasteiger partial charge in [0.2, 0.25) is 0 Å². The Hall–Kier alpha value is -2.14. The Morgan fingerprint density at radius 1 is 1.24 bits per heavy atom. The van der Waals surface area contributed by atoms with Gasteiger partial charge in [-0.3, -0.25) is 4.79 Å². The summed E-state index contributed by atoms with van der Waals surface area (Å²) in [5.74, 6) is -0.264. The van der Waals surface area contributed by atoms with Gasteiger partial charge in [-0.1, -0.05) is 36.5 Å². The predicted octanol–water partition coefficient (Wildman–Crippen LogP) is 2.47. The van der Waals surface area contributed by atoms with E-state index in [2.05, 4.69) is 0 Å². The standard InChI is InChI=1S/C16H18N2O2S/c1-3-18(10-15(19)20-2)14-9-8-13(16(17)21)11-6-4-5-7-12(11)14/h4-9H,3,10H2,1-2H3,(H2,17,21). The number of likely N-dealkylation sites (N-methyl/N-ethyl adjacent to an activating group) is 1. The second-order valence-corrected chi connectivity index (χ2v) is 5.07. The first-order valence-corrected chi connectivity index (χ1v) is 7.12. The fraction of sp³-hybridized carbons (Fsp3) is 0.250. The van der Waals surface area contributed by atoms with E-state index in [9.17, 15) is 4.79 Å². The van der Waals surface area contributed by atoms with Crippen LogP contribution in [-0.2, 0) is 9.53 Å². The number of anilines is 1. The van der Waals surface area contributed by atoms with Crippen molar-refractivity contribution in [1.82, 2.24) is 0 Å². The zero-order valence-electron chi connectivity index (χ0n) is 12.1. The molecule has 2 aromatic carbocycles. The van der Waals surface area contributed by atoms with Crippen molar-refractivity contribution in [2.24, 2.45) is 5.73 Å². The average molecular weight is 302 g/mol. The van der Waals surface area contributed by atoms with Crippen LogP contribution in [0, 0.1) is 0 Å². The number of hydrogen-bond donors (Lipinski definition) is 1. The number of hydrogen-bond acceptors (Lipinski definition) is 4. The van der Waals surface area contributed by atoms with Gasteiger partial charge in [-0.05, 0) is 24.4 Å². The smallest absolute Gasteiger partial charge is 0.325 e. The molecule has 21 heavy (non-hydrogen) atoms. The normalized spacial score (nSPS) is 10.4. The molecule has 0 aliphatic rings. The van der Waals surface area contributed by atoms with Gasteiger partial charge >= 0.3 is 5.97 Å². The van der Waals surface area contributed by atoms with Gasteiger partial charge in [-0.25, -0.2) is 0 Å². The van der Waals surface area contributed by atoms with E-state index in [0.29, 0.717) is 11.5 Å². The Kier molecular flexibility index (Phi) is 4.75. The summed E-state index contributed by atoms with van der Waals surface area (Å²) in [6.45, 7) is 2.91. The summed E-state index contributed by atoms with van der Waals surface area (Å²) >= 11 is 5.11. The first-order chi connectivity index (χ1) is 10.1. The van der Waals surface area contributed by atoms with Gasteiger partial charge in [0.25, 0.3) is 0 Å². The number of benzene rings is 2. The number of nitrogens with two attached hydrogens (primary N) is 1. The minimum atomic E-state index is -0.264. The van der Waals surface area contributed by atoms with Crippen molar-refractivity contribution in [2.75, 3.05) is 25.1 Å². The van der Waals surface area contributed by atoms with Crippen LogP contribution in [0.25, 0.3) is 10.8 Å². The molecule has 0 aliphatic heterocycles. The van der Waals surface area contributed by atoms with Crippen LogP contribution in [-0.4, -0.2) is 31.2 Å². The molecule has 0 aliphatic carbocycles. The predicted molar refractivity (Wildman–Crippen MR) is 89.7 cm³/mol. The van der Waals surface area contributed by atoms with Gasteiger partial charge in [0.05, 0.1) is 7.11 Å². The van der Waals surface area contributed by atoms with E-state index in [1.165, 1.54) is 7.11 Å². The number of fused-ring (bicyclic) bond motifs is 1. The molecule has 2 rings (SSSR count). The maximum atomic E-state index is 11.6. The number of nitrogens with zero attached hydrogens (tertiary/aromatic N) is 1. The number of carbonyl (C=O) groups excluding carboxylic acids is 1. The number of esters is 1. The first-order valence-electron chi connectivity index (χ1n) is 6.71. The molecule has 0 spiro atoms. The molecule has 0 heterocycles. The highest BCUT2D eigenvalue weighted by Crippen LogP contribution is 2.29. The van der Waals surface area contributed by atoms with E-state index < -0.39 is 0 Å². The maximum Gasteiger partial charge on any atom is 0.325 e. The lowest BCUT2D eigenvalue weighted by atomic mass is 10.0. The van der Waals surface area contributed by atoms with Crippen molar-refractivity contribution in [2.45, 2.75) is 6.92 Å². The third-order valence-corrected chi connectivity index (χ3v) is 3.66. The SMILES string of the molecule is CCN(CC(=O)OC)c1ccc(C(N)=S)c2ccccc12. The summed E-state index contributed by atoms with van der Waals surface area (Å²) in [5.41, 5.74) is 7.60. The average Bonchev–Trinajstić information content (AvgIpc) is 2.51. The Balaban J connectivity index is 2.56. The van der Waals surface area contributed by atoms with E-state index in [1.807, 2.05) is 48.2 Å². The Morgan fingerprint density at radius 3 is 2.48 bits per heavy atom. The fourth-order valence-electron chi connectivity index (χ4n) is 2.36. The molecule has 0 saturated carbocycles. The summed E-state index contributed by atoms with van der Waals surface area (Å²) in [6.07, 6.45) is 0. The van der Waals surface area contributed by atoms with Gasteiger partial charge < -0.3 is 15.4 Å². The molecule has 0 atom stereocenters. The molecular weight excluding hydrogens is 284 g/mol. The molecule has 0 radical (unpaired) electrons. The topological polar surface area (TPSA) is 55.6 Å². The summed E-state index contributed by atoms with van der Waals surface area (Å²) in [6, 6.07) is 11.8. The second kappa shape index (κ2) is 6.54. The summed E-state index contributed by atoms with van der Waals surface area (Å²) in [5, 5.41) is 2.01. The molecule has 0 fully saturated rings. The fourth-order valence-corrected chi connectivity index (χ4v) is 2.54. The summed E-state index contributed by atoms with van der Waals surface area (Å²) in [7, 11) is 1.39. The molecule has 0 unspecified atom stereocenters. The third kappa shape index (κ3) is 3.13. The number of methoxy groups -OCH3 is 1. The van der Waals surface area contributed by atoms with Crippen LogP contribution in [0.3, 0.4) is 0 Å². The summed E-state index contributed by atoms with van der Waals surface area (Å²) in [4.78, 5) is 13.9. The maximum absolute atomic E-state index is 11.6. The van der Waals surface area contributed by atoms with E-state index in [4.69, 9.17) is 22.7 Å². The van der Waals surface area contributed by atoms with Gasteiger partial charge in [0.15, 0.2) is 0 Å². The Bertz CT molecular complexity index is 685. The van der Waals surface area contributed by atoms with Crippen LogP contribution in [0.5, 0.6) is 0 Å². The molecule has 5 heteroatoms. The van der Waals surface area contributed by atoms with E-state index in [1.54, 1.807) is 0 Å². The number of rotatable bonds is 5. The van der Waals surface area contributed by atoms with Crippen molar-refractivity contribution in [3.05, 3.63) is 42.0 Å². The zero-order chi connectivity index (χ0) is 15.4. The van der Waals surface area contributed by atoms with Crippen LogP contribution in [0.4, 0.5) is 5.69 Å². The number of ether oxygens (including phenoxy) is 1. The quantitative estimate of drug-likeness (QED) is 0.679. The minimum Gasteiger partial charge on any atom is -0.468 e. The zero-order valence-corrected chi connectivity index (χ0v) is 12.9. The van der Waals surface area contributed by atoms with Crippen molar-refractivity contribution in [3.8, 4) is 0 Å². The largest absolute Gasteiger partial charge is 0.468 e. The summed E-state index contributed by atoms with van der Waals surface area (Å²) < 4.78 is 4.76. The van der Waals surface area contributed by atoms with Gasteiger partial charge in [0.1, 0.15) is 11.5 Å². The monoisotopic (exact) mass is 302 g/mol. The molecule has 0 amide bonds. The van der Waals surface area contributed by atoms with Gasteiger partial charge in [-0.15, -0.1) is 0 Å². The first kappa shape index (κ1) is 15.3. The third-order valence-electron chi connectivity index (χ3n) is 3.44. The van der Waals surface area contributed by atoms with Crippen LogP contribution in [0.2, 0.25) is 0 Å². The Morgan fingerprint density at radius 2 is 1.90 bits per heavy atom. The van der Waals surface area contributed by atoms with Crippen LogP contribution in [0.15, 0.2) is 36.4 Å². The molecule has 2 N–H and O–H groups in total. The van der Waals surface area contributed by atoms with Crippen molar-refractivity contribution < 1.29 is 9.53 Å². The number of thiocarbonyl (C=S) groups is 1. The van der Waals surface area contributed by atoms with E-state index in [0.717, 1.165) is 22.0 Å². The van der Waals surface area contributed by atoms with Crippen molar-refractivity contribution in [3.63, 3.8) is 0 Å².